The number of halogens is 4. The van der Waals surface area contributed by atoms with Crippen LogP contribution in [0.25, 0.3) is 0 Å². The SMILES string of the molecule is C=CCCCC(C=C)c1c(F)c(F)c([Si](C)(C)C)c(F)c1F. The van der Waals surface area contributed by atoms with E-state index in [1.807, 2.05) is 0 Å². The lowest BCUT2D eigenvalue weighted by molar-refractivity contribution is 0.437. The summed E-state index contributed by atoms with van der Waals surface area (Å²) in [7, 11) is -2.55. The molecule has 0 saturated carbocycles. The first kappa shape index (κ1) is 18.7. The van der Waals surface area contributed by atoms with Crippen LogP contribution in [0.1, 0.15) is 30.7 Å². The fraction of sp³-hybridized carbons (Fsp3) is 0.412. The van der Waals surface area contributed by atoms with Gasteiger partial charge < -0.3 is 0 Å². The Labute approximate surface area is 130 Å². The van der Waals surface area contributed by atoms with Gasteiger partial charge in [0.05, 0.1) is 8.07 Å². The van der Waals surface area contributed by atoms with Crippen molar-refractivity contribution in [3.8, 4) is 0 Å². The largest absolute Gasteiger partial charge is 0.204 e. The zero-order valence-corrected chi connectivity index (χ0v) is 14.3. The Morgan fingerprint density at radius 3 is 1.82 bits per heavy atom. The van der Waals surface area contributed by atoms with Gasteiger partial charge in [-0.05, 0) is 19.3 Å². The van der Waals surface area contributed by atoms with Crippen molar-refractivity contribution in [1.82, 2.24) is 0 Å². The fourth-order valence-electron chi connectivity index (χ4n) is 2.49. The highest BCUT2D eigenvalue weighted by atomic mass is 28.3. The number of hydrogen-bond donors (Lipinski definition) is 0. The molecule has 22 heavy (non-hydrogen) atoms. The minimum absolute atomic E-state index is 0.356. The summed E-state index contributed by atoms with van der Waals surface area (Å²) in [6.07, 6.45) is 4.64. The Kier molecular flexibility index (Phi) is 6.17. The molecule has 0 spiro atoms. The zero-order chi connectivity index (χ0) is 17.1. The summed E-state index contributed by atoms with van der Waals surface area (Å²) in [5.74, 6) is -5.87. The van der Waals surface area contributed by atoms with Crippen molar-refractivity contribution in [2.24, 2.45) is 0 Å². The molecule has 0 saturated heterocycles. The zero-order valence-electron chi connectivity index (χ0n) is 13.3. The number of unbranched alkanes of at least 4 members (excludes halogenated alkanes) is 1. The van der Waals surface area contributed by atoms with Crippen LogP contribution < -0.4 is 5.19 Å². The molecule has 0 fully saturated rings. The fourth-order valence-corrected chi connectivity index (χ4v) is 4.03. The molecule has 122 valence electrons. The molecule has 1 aromatic carbocycles. The number of rotatable bonds is 7. The van der Waals surface area contributed by atoms with E-state index in [1.54, 1.807) is 25.7 Å². The van der Waals surface area contributed by atoms with E-state index in [2.05, 4.69) is 13.2 Å². The average Bonchev–Trinajstić information content (AvgIpc) is 2.42. The minimum Gasteiger partial charge on any atom is -0.204 e. The number of benzene rings is 1. The molecule has 5 heteroatoms. The highest BCUT2D eigenvalue weighted by Crippen LogP contribution is 2.31. The molecule has 0 N–H and O–H groups in total. The van der Waals surface area contributed by atoms with Crippen molar-refractivity contribution in [1.29, 1.82) is 0 Å². The van der Waals surface area contributed by atoms with Crippen LogP contribution in [0.3, 0.4) is 0 Å². The van der Waals surface area contributed by atoms with Gasteiger partial charge >= 0.3 is 0 Å². The van der Waals surface area contributed by atoms with Crippen LogP contribution >= 0.6 is 0 Å². The van der Waals surface area contributed by atoms with Crippen molar-refractivity contribution >= 4 is 13.3 Å². The molecule has 0 aliphatic heterocycles. The Morgan fingerprint density at radius 2 is 1.45 bits per heavy atom. The standard InChI is InChI=1S/C17H22F4Si/c1-6-8-9-10-11(7-2)12-13(18)15(20)17(22(3,4)5)16(21)14(12)19/h6-7,11H,1-2,8-10H2,3-5H3. The van der Waals surface area contributed by atoms with E-state index in [0.717, 1.165) is 0 Å². The Morgan fingerprint density at radius 1 is 0.955 bits per heavy atom. The van der Waals surface area contributed by atoms with Gasteiger partial charge in [-0.25, -0.2) is 17.6 Å². The molecule has 0 radical (unpaired) electrons. The maximum atomic E-state index is 14.4. The molecule has 0 aliphatic carbocycles. The minimum atomic E-state index is -2.55. The van der Waals surface area contributed by atoms with E-state index in [1.165, 1.54) is 6.08 Å². The quantitative estimate of drug-likeness (QED) is 0.206. The van der Waals surface area contributed by atoms with Crippen molar-refractivity contribution in [3.05, 3.63) is 54.1 Å². The van der Waals surface area contributed by atoms with Crippen LogP contribution in [-0.2, 0) is 0 Å². The van der Waals surface area contributed by atoms with Gasteiger partial charge in [-0.15, -0.1) is 13.2 Å². The number of allylic oxidation sites excluding steroid dienone is 2. The first-order valence-electron chi connectivity index (χ1n) is 7.26. The lowest BCUT2D eigenvalue weighted by atomic mass is 9.92. The summed E-state index contributed by atoms with van der Waals surface area (Å²) in [4.78, 5) is 0. The van der Waals surface area contributed by atoms with Gasteiger partial charge in [0.1, 0.15) is 0 Å². The van der Waals surface area contributed by atoms with Crippen LogP contribution in [0, 0.1) is 23.3 Å². The lowest BCUT2D eigenvalue weighted by Gasteiger charge is -2.23. The van der Waals surface area contributed by atoms with E-state index in [4.69, 9.17) is 0 Å². The summed E-state index contributed by atoms with van der Waals surface area (Å²) in [5.41, 5.74) is -0.559. The maximum absolute atomic E-state index is 14.4. The summed E-state index contributed by atoms with van der Waals surface area (Å²) < 4.78 is 57.3. The third-order valence-electron chi connectivity index (χ3n) is 3.63. The molecule has 1 atom stereocenters. The average molecular weight is 330 g/mol. The van der Waals surface area contributed by atoms with Gasteiger partial charge in [0, 0.05) is 16.7 Å². The van der Waals surface area contributed by atoms with E-state index < -0.39 is 48.0 Å². The lowest BCUT2D eigenvalue weighted by Crippen LogP contribution is -2.44. The highest BCUT2D eigenvalue weighted by Gasteiger charge is 2.34. The topological polar surface area (TPSA) is 0 Å². The second kappa shape index (κ2) is 7.27. The third-order valence-corrected chi connectivity index (χ3v) is 5.56. The van der Waals surface area contributed by atoms with Crippen LogP contribution in [0.5, 0.6) is 0 Å². The second-order valence-electron chi connectivity index (χ2n) is 6.36. The van der Waals surface area contributed by atoms with Gasteiger partial charge in [0.15, 0.2) is 23.3 Å². The molecule has 1 aromatic rings. The molecule has 0 bridgehead atoms. The molecule has 0 aliphatic rings. The van der Waals surface area contributed by atoms with Gasteiger partial charge in [-0.2, -0.15) is 0 Å². The molecule has 0 nitrogen and oxygen atoms in total. The van der Waals surface area contributed by atoms with Gasteiger partial charge in [-0.3, -0.25) is 0 Å². The van der Waals surface area contributed by atoms with Crippen LogP contribution in [-0.4, -0.2) is 8.07 Å². The van der Waals surface area contributed by atoms with E-state index in [-0.39, 0.29) is 0 Å². The monoisotopic (exact) mass is 330 g/mol. The predicted octanol–water partition coefficient (Wildman–Crippen LogP) is 5.41. The highest BCUT2D eigenvalue weighted by molar-refractivity contribution is 6.88. The predicted molar refractivity (Wildman–Crippen MR) is 86.2 cm³/mol. The Balaban J connectivity index is 3.44. The molecular weight excluding hydrogens is 308 g/mol. The van der Waals surface area contributed by atoms with Crippen molar-refractivity contribution in [2.45, 2.75) is 44.8 Å². The second-order valence-corrected chi connectivity index (χ2v) is 11.4. The molecule has 1 unspecified atom stereocenters. The maximum Gasteiger partial charge on any atom is 0.165 e. The van der Waals surface area contributed by atoms with E-state index in [0.29, 0.717) is 19.3 Å². The van der Waals surface area contributed by atoms with Crippen LogP contribution in [0.4, 0.5) is 17.6 Å². The number of hydrogen-bond acceptors (Lipinski definition) is 0. The molecule has 0 amide bonds. The summed E-state index contributed by atoms with van der Waals surface area (Å²) in [5, 5.41) is -0.430. The molecular formula is C17H22F4Si. The van der Waals surface area contributed by atoms with Crippen molar-refractivity contribution in [2.75, 3.05) is 0 Å². The third kappa shape index (κ3) is 3.69. The summed E-state index contributed by atoms with van der Waals surface area (Å²) in [6.45, 7) is 12.0. The smallest absolute Gasteiger partial charge is 0.165 e. The normalized spacial score (nSPS) is 13.0. The molecule has 0 heterocycles. The van der Waals surface area contributed by atoms with E-state index in [9.17, 15) is 17.6 Å². The van der Waals surface area contributed by atoms with Crippen LogP contribution in [0.15, 0.2) is 25.3 Å². The Hall–Kier alpha value is -1.36. The Bertz CT molecular complexity index is 544. The molecule has 1 rings (SSSR count). The summed E-state index contributed by atoms with van der Waals surface area (Å²) in [6, 6.07) is 0. The van der Waals surface area contributed by atoms with Crippen molar-refractivity contribution < 1.29 is 17.6 Å². The summed E-state index contributed by atoms with van der Waals surface area (Å²) >= 11 is 0. The van der Waals surface area contributed by atoms with Crippen LogP contribution in [0.2, 0.25) is 19.6 Å². The van der Waals surface area contributed by atoms with Gasteiger partial charge in [0.2, 0.25) is 0 Å². The van der Waals surface area contributed by atoms with E-state index >= 15 is 0 Å². The first-order chi connectivity index (χ1) is 10.2. The van der Waals surface area contributed by atoms with Gasteiger partial charge in [0.25, 0.3) is 0 Å². The van der Waals surface area contributed by atoms with Crippen molar-refractivity contribution in [3.63, 3.8) is 0 Å². The molecule has 0 aromatic heterocycles. The van der Waals surface area contributed by atoms with Gasteiger partial charge in [-0.1, -0.05) is 31.8 Å². The first-order valence-corrected chi connectivity index (χ1v) is 10.8.